The summed E-state index contributed by atoms with van der Waals surface area (Å²) in [6, 6.07) is 1.85. The molecule has 8 heteroatoms. The second-order valence-electron chi connectivity index (χ2n) is 4.59. The fourth-order valence-corrected chi connectivity index (χ4v) is 1.78. The largest absolute Gasteiger partial charge is 0.416 e. The monoisotopic (exact) mass is 304 g/mol. The molecular weight excluding hydrogens is 285 g/mol. The van der Waals surface area contributed by atoms with Crippen molar-refractivity contribution in [1.29, 1.82) is 0 Å². The molecule has 1 rings (SSSR count). The maximum atomic E-state index is 12.9. The molecule has 0 aliphatic rings. The van der Waals surface area contributed by atoms with Crippen LogP contribution in [0.3, 0.4) is 0 Å². The minimum Gasteiger partial charge on any atom is -0.373 e. The minimum atomic E-state index is -4.48. The first-order chi connectivity index (χ1) is 9.77. The molecule has 0 saturated carbocycles. The van der Waals surface area contributed by atoms with E-state index < -0.39 is 17.6 Å². The molecule has 0 aliphatic carbocycles. The van der Waals surface area contributed by atoms with Gasteiger partial charge in [-0.3, -0.25) is 4.79 Å². The molecule has 0 aliphatic heterocycles. The van der Waals surface area contributed by atoms with E-state index in [1.807, 2.05) is 6.92 Å². The number of nitrogens with one attached hydrogen (secondary N) is 1. The van der Waals surface area contributed by atoms with Crippen LogP contribution >= 0.6 is 0 Å². The number of carbonyl (C=O) groups is 1. The summed E-state index contributed by atoms with van der Waals surface area (Å²) in [6.07, 6.45) is -2.92. The number of anilines is 2. The lowest BCUT2D eigenvalue weighted by molar-refractivity contribution is -0.137. The summed E-state index contributed by atoms with van der Waals surface area (Å²) >= 11 is 0. The number of hydrogen-bond acceptors (Lipinski definition) is 4. The van der Waals surface area contributed by atoms with E-state index in [0.717, 1.165) is 25.0 Å². The maximum Gasteiger partial charge on any atom is 0.416 e. The molecule has 0 aromatic carbocycles. The third kappa shape index (κ3) is 5.13. The molecule has 1 heterocycles. The minimum absolute atomic E-state index is 0.0847. The van der Waals surface area contributed by atoms with E-state index in [1.165, 1.54) is 11.9 Å². The van der Waals surface area contributed by atoms with Gasteiger partial charge in [0.1, 0.15) is 11.6 Å². The van der Waals surface area contributed by atoms with Crippen LogP contribution < -0.4 is 16.0 Å². The Morgan fingerprint density at radius 1 is 1.43 bits per heavy atom. The summed E-state index contributed by atoms with van der Waals surface area (Å²) in [5.74, 6) is -0.441. The Morgan fingerprint density at radius 3 is 2.57 bits per heavy atom. The molecule has 1 aromatic heterocycles. The summed E-state index contributed by atoms with van der Waals surface area (Å²) in [5.41, 5.74) is 4.33. The van der Waals surface area contributed by atoms with Crippen LogP contribution in [-0.2, 0) is 11.0 Å². The molecule has 0 fully saturated rings. The summed E-state index contributed by atoms with van der Waals surface area (Å²) in [5, 5.41) is 2.59. The van der Waals surface area contributed by atoms with Crippen LogP contribution in [0.4, 0.5) is 24.8 Å². The number of unbranched alkanes of at least 4 members (excludes halogenated alkanes) is 1. The zero-order valence-electron chi connectivity index (χ0n) is 12.0. The van der Waals surface area contributed by atoms with Crippen molar-refractivity contribution in [3.8, 4) is 0 Å². The molecule has 0 bridgehead atoms. The fraction of sp³-hybridized carbons (Fsp3) is 0.538. The number of halogens is 3. The number of amides is 1. The zero-order valence-corrected chi connectivity index (χ0v) is 12.0. The predicted molar refractivity (Wildman–Crippen MR) is 75.1 cm³/mol. The lowest BCUT2D eigenvalue weighted by atomic mass is 10.2. The van der Waals surface area contributed by atoms with Gasteiger partial charge in [-0.05, 0) is 18.6 Å². The molecular formula is C13H19F3N4O. The van der Waals surface area contributed by atoms with E-state index >= 15 is 0 Å². The van der Waals surface area contributed by atoms with Crippen molar-refractivity contribution in [1.82, 2.24) is 4.98 Å². The highest BCUT2D eigenvalue weighted by molar-refractivity contribution is 5.79. The fourth-order valence-electron chi connectivity index (χ4n) is 1.78. The number of aromatic nitrogens is 1. The van der Waals surface area contributed by atoms with Crippen LogP contribution in [0.15, 0.2) is 12.1 Å². The average molecular weight is 304 g/mol. The second-order valence-corrected chi connectivity index (χ2v) is 4.59. The molecule has 1 aromatic rings. The van der Waals surface area contributed by atoms with Crippen LogP contribution in [0.25, 0.3) is 0 Å². The Balaban J connectivity index is 3.19. The summed E-state index contributed by atoms with van der Waals surface area (Å²) < 4.78 is 38.7. The van der Waals surface area contributed by atoms with Gasteiger partial charge in [0.25, 0.3) is 0 Å². The number of pyridine rings is 1. The van der Waals surface area contributed by atoms with Crippen LogP contribution in [0.5, 0.6) is 0 Å². The molecule has 0 atom stereocenters. The topological polar surface area (TPSA) is 71.2 Å². The van der Waals surface area contributed by atoms with E-state index in [1.54, 1.807) is 0 Å². The lowest BCUT2D eigenvalue weighted by Gasteiger charge is -2.23. The van der Waals surface area contributed by atoms with Crippen LogP contribution in [0.2, 0.25) is 0 Å². The molecule has 118 valence electrons. The van der Waals surface area contributed by atoms with Crippen molar-refractivity contribution in [3.05, 3.63) is 17.7 Å². The lowest BCUT2D eigenvalue weighted by Crippen LogP contribution is -2.35. The number of carbonyl (C=O) groups excluding carboxylic acids is 1. The number of primary amides is 1. The standard InChI is InChI=1S/C13H19F3N4O/c1-3-4-5-20(8-10(17)21)12-7-9(13(14,15)16)6-11(18-2)19-12/h6-7H,3-5,8H2,1-2H3,(H2,17,21)(H,18,19). The van der Waals surface area contributed by atoms with Crippen molar-refractivity contribution in [2.75, 3.05) is 30.4 Å². The average Bonchev–Trinajstić information content (AvgIpc) is 2.41. The molecule has 0 unspecified atom stereocenters. The Kier molecular flexibility index (Phi) is 5.80. The number of rotatable bonds is 7. The third-order valence-electron chi connectivity index (χ3n) is 2.85. The highest BCUT2D eigenvalue weighted by Gasteiger charge is 2.32. The normalized spacial score (nSPS) is 11.3. The maximum absolute atomic E-state index is 12.9. The molecule has 3 N–H and O–H groups in total. The zero-order chi connectivity index (χ0) is 16.0. The van der Waals surface area contributed by atoms with Gasteiger partial charge >= 0.3 is 6.18 Å². The number of nitrogens with zero attached hydrogens (tertiary/aromatic N) is 2. The summed E-state index contributed by atoms with van der Waals surface area (Å²) in [4.78, 5) is 16.6. The highest BCUT2D eigenvalue weighted by atomic mass is 19.4. The Bertz CT molecular complexity index is 491. The van der Waals surface area contributed by atoms with Gasteiger partial charge in [-0.15, -0.1) is 0 Å². The molecule has 0 saturated heterocycles. The van der Waals surface area contributed by atoms with Crippen LogP contribution in [0.1, 0.15) is 25.3 Å². The van der Waals surface area contributed by atoms with Crippen molar-refractivity contribution in [2.24, 2.45) is 5.73 Å². The molecule has 0 spiro atoms. The van der Waals surface area contributed by atoms with Gasteiger partial charge in [-0.2, -0.15) is 13.2 Å². The Morgan fingerprint density at radius 2 is 2.10 bits per heavy atom. The molecule has 21 heavy (non-hydrogen) atoms. The van der Waals surface area contributed by atoms with Crippen molar-refractivity contribution in [2.45, 2.75) is 25.9 Å². The number of hydrogen-bond donors (Lipinski definition) is 2. The number of alkyl halides is 3. The van der Waals surface area contributed by atoms with Gasteiger partial charge in [0.15, 0.2) is 0 Å². The summed E-state index contributed by atoms with van der Waals surface area (Å²) in [7, 11) is 1.48. The van der Waals surface area contributed by atoms with Gasteiger partial charge in [-0.25, -0.2) is 4.98 Å². The van der Waals surface area contributed by atoms with E-state index in [4.69, 9.17) is 5.73 Å². The summed E-state index contributed by atoms with van der Waals surface area (Å²) in [6.45, 7) is 2.19. The number of nitrogens with two attached hydrogens (primary N) is 1. The van der Waals surface area contributed by atoms with E-state index in [0.29, 0.717) is 6.54 Å². The smallest absolute Gasteiger partial charge is 0.373 e. The first-order valence-electron chi connectivity index (χ1n) is 6.58. The van der Waals surface area contributed by atoms with Gasteiger partial charge in [-0.1, -0.05) is 13.3 Å². The molecule has 1 amide bonds. The third-order valence-corrected chi connectivity index (χ3v) is 2.85. The highest BCUT2D eigenvalue weighted by Crippen LogP contribution is 2.32. The van der Waals surface area contributed by atoms with Crippen molar-refractivity contribution < 1.29 is 18.0 Å². The van der Waals surface area contributed by atoms with Gasteiger partial charge in [0, 0.05) is 13.6 Å². The van der Waals surface area contributed by atoms with Crippen molar-refractivity contribution >= 4 is 17.5 Å². The molecule has 5 nitrogen and oxygen atoms in total. The Hall–Kier alpha value is -1.99. The van der Waals surface area contributed by atoms with Gasteiger partial charge in [0.05, 0.1) is 12.1 Å². The van der Waals surface area contributed by atoms with E-state index in [2.05, 4.69) is 10.3 Å². The first kappa shape index (κ1) is 17.1. The van der Waals surface area contributed by atoms with Gasteiger partial charge < -0.3 is 16.0 Å². The first-order valence-corrected chi connectivity index (χ1v) is 6.58. The SMILES string of the molecule is CCCCN(CC(N)=O)c1cc(C(F)(F)F)cc(NC)n1. The van der Waals surface area contributed by atoms with Crippen LogP contribution in [-0.4, -0.2) is 31.0 Å². The quantitative estimate of drug-likeness (QED) is 0.810. The second kappa shape index (κ2) is 7.14. The molecule has 0 radical (unpaired) electrons. The van der Waals surface area contributed by atoms with Crippen molar-refractivity contribution in [3.63, 3.8) is 0 Å². The van der Waals surface area contributed by atoms with Gasteiger partial charge in [0.2, 0.25) is 5.91 Å². The van der Waals surface area contributed by atoms with E-state index in [-0.39, 0.29) is 18.2 Å². The van der Waals surface area contributed by atoms with E-state index in [9.17, 15) is 18.0 Å². The Labute approximate surface area is 121 Å². The van der Waals surface area contributed by atoms with Crippen LogP contribution in [0, 0.1) is 0 Å². The predicted octanol–water partition coefficient (Wildman–Crippen LogP) is 2.23.